The van der Waals surface area contributed by atoms with Crippen molar-refractivity contribution in [1.82, 2.24) is 0 Å². The summed E-state index contributed by atoms with van der Waals surface area (Å²) in [5.41, 5.74) is 1.82. The molecule has 0 radical (unpaired) electrons. The summed E-state index contributed by atoms with van der Waals surface area (Å²) in [6.07, 6.45) is 0.554. The number of nitro groups is 1. The second-order valence-corrected chi connectivity index (χ2v) is 4.58. The van der Waals surface area contributed by atoms with E-state index in [1.54, 1.807) is 19.2 Å². The van der Waals surface area contributed by atoms with E-state index in [1.807, 2.05) is 24.3 Å². The molecule has 0 N–H and O–H groups in total. The van der Waals surface area contributed by atoms with Crippen molar-refractivity contribution in [3.63, 3.8) is 0 Å². The molecule has 0 fully saturated rings. The highest BCUT2D eigenvalue weighted by atomic mass is 16.6. The standard InChI is InChI=1S/C16H14N2O3/c1-21-16-8-2-12(3-9-16)10-14(11-17)13-4-6-15(7-5-13)18(19)20/h2-9,14H,10H2,1H3/t14-/m1/s1. The summed E-state index contributed by atoms with van der Waals surface area (Å²) >= 11 is 0. The predicted molar refractivity (Wildman–Crippen MR) is 78.1 cm³/mol. The van der Waals surface area contributed by atoms with Gasteiger partial charge in [-0.2, -0.15) is 5.26 Å². The highest BCUT2D eigenvalue weighted by molar-refractivity contribution is 5.37. The molecule has 106 valence electrons. The molecule has 0 aromatic heterocycles. The molecule has 0 aliphatic rings. The molecule has 0 aliphatic carbocycles. The van der Waals surface area contributed by atoms with Crippen LogP contribution in [0.15, 0.2) is 48.5 Å². The largest absolute Gasteiger partial charge is 0.497 e. The van der Waals surface area contributed by atoms with Crippen molar-refractivity contribution in [1.29, 1.82) is 5.26 Å². The lowest BCUT2D eigenvalue weighted by Gasteiger charge is -2.10. The Morgan fingerprint density at radius 2 is 1.81 bits per heavy atom. The Balaban J connectivity index is 2.15. The van der Waals surface area contributed by atoms with Crippen LogP contribution < -0.4 is 4.74 Å². The van der Waals surface area contributed by atoms with E-state index in [-0.39, 0.29) is 11.6 Å². The first kappa shape index (κ1) is 14.5. The number of nitriles is 1. The Morgan fingerprint density at radius 1 is 1.19 bits per heavy atom. The zero-order valence-electron chi connectivity index (χ0n) is 11.5. The predicted octanol–water partition coefficient (Wildman–Crippen LogP) is 3.45. The molecule has 0 spiro atoms. The third kappa shape index (κ3) is 3.57. The van der Waals surface area contributed by atoms with Gasteiger partial charge in [0.05, 0.1) is 24.0 Å². The number of hydrogen-bond donors (Lipinski definition) is 0. The summed E-state index contributed by atoms with van der Waals surface area (Å²) in [6.45, 7) is 0. The first-order chi connectivity index (χ1) is 10.1. The molecule has 0 saturated carbocycles. The lowest BCUT2D eigenvalue weighted by molar-refractivity contribution is -0.384. The van der Waals surface area contributed by atoms with Gasteiger partial charge in [-0.1, -0.05) is 24.3 Å². The van der Waals surface area contributed by atoms with Gasteiger partial charge in [-0.25, -0.2) is 0 Å². The maximum absolute atomic E-state index is 10.6. The number of methoxy groups -OCH3 is 1. The third-order valence-corrected chi connectivity index (χ3v) is 3.26. The average molecular weight is 282 g/mol. The van der Waals surface area contributed by atoms with Crippen molar-refractivity contribution in [3.8, 4) is 11.8 Å². The quantitative estimate of drug-likeness (QED) is 0.621. The number of benzene rings is 2. The SMILES string of the molecule is COc1ccc(C[C@H](C#N)c2ccc([N+](=O)[O-])cc2)cc1. The fourth-order valence-corrected chi connectivity index (χ4v) is 2.06. The summed E-state index contributed by atoms with van der Waals surface area (Å²) in [5.74, 6) is 0.432. The molecule has 5 nitrogen and oxygen atoms in total. The van der Waals surface area contributed by atoms with Gasteiger partial charge in [-0.05, 0) is 29.7 Å². The average Bonchev–Trinajstić information content (AvgIpc) is 2.53. The lowest BCUT2D eigenvalue weighted by Crippen LogP contribution is -2.01. The molecule has 0 saturated heterocycles. The molecule has 0 heterocycles. The van der Waals surface area contributed by atoms with Crippen LogP contribution in [0.3, 0.4) is 0 Å². The van der Waals surface area contributed by atoms with Crippen LogP contribution in [0, 0.1) is 21.4 Å². The Labute approximate surface area is 122 Å². The van der Waals surface area contributed by atoms with E-state index in [9.17, 15) is 15.4 Å². The van der Waals surface area contributed by atoms with Crippen molar-refractivity contribution in [2.45, 2.75) is 12.3 Å². The Kier molecular flexibility index (Phi) is 4.52. The summed E-state index contributed by atoms with van der Waals surface area (Å²) in [5, 5.41) is 19.9. The van der Waals surface area contributed by atoms with Gasteiger partial charge in [0.2, 0.25) is 0 Å². The number of hydrogen-bond acceptors (Lipinski definition) is 4. The highest BCUT2D eigenvalue weighted by Crippen LogP contribution is 2.23. The Bertz CT molecular complexity index is 657. The molecule has 0 amide bonds. The van der Waals surface area contributed by atoms with Crippen LogP contribution in [0.4, 0.5) is 5.69 Å². The zero-order valence-corrected chi connectivity index (χ0v) is 11.5. The van der Waals surface area contributed by atoms with Gasteiger partial charge in [0.25, 0.3) is 5.69 Å². The maximum atomic E-state index is 10.6. The topological polar surface area (TPSA) is 76.2 Å². The van der Waals surface area contributed by atoms with Gasteiger partial charge in [0.15, 0.2) is 0 Å². The van der Waals surface area contributed by atoms with Gasteiger partial charge in [-0.15, -0.1) is 0 Å². The van der Waals surface area contributed by atoms with Crippen LogP contribution in [0.25, 0.3) is 0 Å². The van der Waals surface area contributed by atoms with Crippen molar-refractivity contribution in [2.75, 3.05) is 7.11 Å². The smallest absolute Gasteiger partial charge is 0.269 e. The second kappa shape index (κ2) is 6.53. The molecular formula is C16H14N2O3. The molecule has 2 aromatic carbocycles. The summed E-state index contributed by atoms with van der Waals surface area (Å²) in [4.78, 5) is 10.2. The number of nitrogens with zero attached hydrogens (tertiary/aromatic N) is 2. The molecule has 0 unspecified atom stereocenters. The molecule has 1 atom stereocenters. The Morgan fingerprint density at radius 3 is 2.29 bits per heavy atom. The van der Waals surface area contributed by atoms with E-state index in [4.69, 9.17) is 4.74 Å². The van der Waals surface area contributed by atoms with Gasteiger partial charge >= 0.3 is 0 Å². The van der Waals surface area contributed by atoms with Crippen LogP contribution in [0.5, 0.6) is 5.75 Å². The first-order valence-electron chi connectivity index (χ1n) is 6.41. The summed E-state index contributed by atoms with van der Waals surface area (Å²) in [7, 11) is 1.60. The van der Waals surface area contributed by atoms with Crippen molar-refractivity contribution < 1.29 is 9.66 Å². The fraction of sp³-hybridized carbons (Fsp3) is 0.188. The van der Waals surface area contributed by atoms with E-state index >= 15 is 0 Å². The minimum atomic E-state index is -0.450. The third-order valence-electron chi connectivity index (χ3n) is 3.26. The fourth-order valence-electron chi connectivity index (χ4n) is 2.06. The molecule has 0 aliphatic heterocycles. The van der Waals surface area contributed by atoms with Gasteiger partial charge in [0.1, 0.15) is 5.75 Å². The van der Waals surface area contributed by atoms with Gasteiger partial charge in [-0.3, -0.25) is 10.1 Å². The summed E-state index contributed by atoms with van der Waals surface area (Å²) < 4.78 is 5.09. The molecule has 0 bridgehead atoms. The van der Waals surface area contributed by atoms with Crippen molar-refractivity contribution in [3.05, 3.63) is 69.8 Å². The first-order valence-corrected chi connectivity index (χ1v) is 6.41. The normalized spacial score (nSPS) is 11.4. The van der Waals surface area contributed by atoms with Crippen LogP contribution in [0.2, 0.25) is 0 Å². The highest BCUT2D eigenvalue weighted by Gasteiger charge is 2.13. The number of ether oxygens (including phenoxy) is 1. The molecule has 5 heteroatoms. The molecule has 2 rings (SSSR count). The zero-order chi connectivity index (χ0) is 15.2. The molecule has 21 heavy (non-hydrogen) atoms. The lowest BCUT2D eigenvalue weighted by atomic mass is 9.93. The van der Waals surface area contributed by atoms with Crippen molar-refractivity contribution in [2.24, 2.45) is 0 Å². The molecule has 2 aromatic rings. The van der Waals surface area contributed by atoms with Crippen LogP contribution in [0.1, 0.15) is 17.0 Å². The number of non-ortho nitro benzene ring substituents is 1. The number of rotatable bonds is 5. The van der Waals surface area contributed by atoms with Gasteiger partial charge < -0.3 is 4.74 Å². The van der Waals surface area contributed by atoms with Crippen molar-refractivity contribution >= 4 is 5.69 Å². The van der Waals surface area contributed by atoms with Crippen LogP contribution >= 0.6 is 0 Å². The van der Waals surface area contributed by atoms with Gasteiger partial charge in [0, 0.05) is 12.1 Å². The number of nitro benzene ring substituents is 1. The summed E-state index contributed by atoms with van der Waals surface area (Å²) in [6, 6.07) is 15.9. The monoisotopic (exact) mass is 282 g/mol. The van der Waals surface area contributed by atoms with E-state index < -0.39 is 4.92 Å². The Hall–Kier alpha value is -2.87. The van der Waals surface area contributed by atoms with E-state index in [2.05, 4.69) is 6.07 Å². The van der Waals surface area contributed by atoms with E-state index in [0.717, 1.165) is 16.9 Å². The van der Waals surface area contributed by atoms with Crippen LogP contribution in [-0.4, -0.2) is 12.0 Å². The minimum Gasteiger partial charge on any atom is -0.497 e. The van der Waals surface area contributed by atoms with E-state index in [0.29, 0.717) is 6.42 Å². The van der Waals surface area contributed by atoms with Crippen LogP contribution in [-0.2, 0) is 6.42 Å². The second-order valence-electron chi connectivity index (χ2n) is 4.58. The molecular weight excluding hydrogens is 268 g/mol. The van der Waals surface area contributed by atoms with E-state index in [1.165, 1.54) is 12.1 Å². The minimum absolute atomic E-state index is 0.0277. The maximum Gasteiger partial charge on any atom is 0.269 e.